The summed E-state index contributed by atoms with van der Waals surface area (Å²) in [5.41, 5.74) is 0. The second kappa shape index (κ2) is 6.88. The van der Waals surface area contributed by atoms with Crippen molar-refractivity contribution in [2.45, 2.75) is 63.6 Å². The van der Waals surface area contributed by atoms with E-state index >= 15 is 0 Å². The Kier molecular flexibility index (Phi) is 4.84. The maximum absolute atomic E-state index is 12.6. The van der Waals surface area contributed by atoms with Crippen LogP contribution in [0.4, 0.5) is 0 Å². The fourth-order valence-corrected chi connectivity index (χ4v) is 3.24. The van der Waals surface area contributed by atoms with Crippen LogP contribution in [0.1, 0.15) is 63.1 Å². The van der Waals surface area contributed by atoms with Crippen LogP contribution in [0.2, 0.25) is 0 Å². The summed E-state index contributed by atoms with van der Waals surface area (Å²) in [6.07, 6.45) is 1.08. The normalized spacial score (nSPS) is 27.6. The lowest BCUT2D eigenvalue weighted by atomic mass is 9.96. The highest BCUT2D eigenvalue weighted by Crippen LogP contribution is 2.28. The Morgan fingerprint density at radius 1 is 1.25 bits per heavy atom. The molecule has 1 unspecified atom stereocenters. The number of amides is 1. The third-order valence-corrected chi connectivity index (χ3v) is 4.62. The second-order valence-corrected chi connectivity index (χ2v) is 6.80. The molecule has 0 aromatic carbocycles. The number of nitrogens with zero attached hydrogens (tertiary/aromatic N) is 3. The number of hydrogen-bond donors (Lipinski definition) is 1. The molecule has 8 heteroatoms. The van der Waals surface area contributed by atoms with Gasteiger partial charge in [0.05, 0.1) is 0 Å². The van der Waals surface area contributed by atoms with Crippen molar-refractivity contribution in [3.05, 3.63) is 11.7 Å². The molecule has 1 aromatic rings. The van der Waals surface area contributed by atoms with Gasteiger partial charge in [-0.3, -0.25) is 4.79 Å². The molecule has 1 amide bonds. The van der Waals surface area contributed by atoms with E-state index in [1.54, 1.807) is 4.90 Å². The van der Waals surface area contributed by atoms with Crippen molar-refractivity contribution in [2.75, 3.05) is 13.1 Å². The summed E-state index contributed by atoms with van der Waals surface area (Å²) in [5.74, 6) is 0.345. The Morgan fingerprint density at radius 3 is 2.62 bits per heavy atom. The highest BCUT2D eigenvalue weighted by atomic mass is 16.5. The largest absolute Gasteiger partial charge is 0.479 e. The number of carboxylic acids is 1. The van der Waals surface area contributed by atoms with Gasteiger partial charge in [-0.2, -0.15) is 4.98 Å². The predicted molar refractivity (Wildman–Crippen MR) is 82.5 cm³/mol. The Morgan fingerprint density at radius 2 is 2.00 bits per heavy atom. The number of piperidine rings is 1. The first-order valence-electron chi connectivity index (χ1n) is 8.46. The molecule has 2 saturated heterocycles. The van der Waals surface area contributed by atoms with Crippen molar-refractivity contribution >= 4 is 11.9 Å². The summed E-state index contributed by atoms with van der Waals surface area (Å²) in [7, 11) is 0. The summed E-state index contributed by atoms with van der Waals surface area (Å²) in [5, 5.41) is 13.0. The highest BCUT2D eigenvalue weighted by Gasteiger charge is 2.38. The number of likely N-dealkylation sites (tertiary alicyclic amines) is 1. The molecule has 0 radical (unpaired) electrons. The number of carboxylic acid groups (broad SMARTS) is 1. The smallest absolute Gasteiger partial charge is 0.332 e. The van der Waals surface area contributed by atoms with Crippen molar-refractivity contribution < 1.29 is 24.0 Å². The number of aliphatic carboxylic acids is 1. The van der Waals surface area contributed by atoms with Crippen LogP contribution in [0.25, 0.3) is 0 Å². The molecule has 1 N–H and O–H groups in total. The van der Waals surface area contributed by atoms with Crippen LogP contribution in [0.5, 0.6) is 0 Å². The van der Waals surface area contributed by atoms with Crippen LogP contribution in [0.15, 0.2) is 4.52 Å². The van der Waals surface area contributed by atoms with Gasteiger partial charge in [-0.1, -0.05) is 19.0 Å². The zero-order chi connectivity index (χ0) is 17.3. The van der Waals surface area contributed by atoms with Gasteiger partial charge >= 0.3 is 5.97 Å². The summed E-state index contributed by atoms with van der Waals surface area (Å²) < 4.78 is 10.6. The number of hydrogen-bond acceptors (Lipinski definition) is 6. The van der Waals surface area contributed by atoms with Gasteiger partial charge in [0.15, 0.2) is 11.9 Å². The number of aromatic nitrogens is 2. The van der Waals surface area contributed by atoms with Gasteiger partial charge < -0.3 is 19.3 Å². The van der Waals surface area contributed by atoms with Gasteiger partial charge in [0.1, 0.15) is 6.10 Å². The molecule has 132 valence electrons. The van der Waals surface area contributed by atoms with E-state index in [4.69, 9.17) is 14.4 Å². The molecule has 2 aliphatic rings. The zero-order valence-corrected chi connectivity index (χ0v) is 14.0. The molecular formula is C16H23N3O5. The van der Waals surface area contributed by atoms with E-state index in [0.29, 0.717) is 37.6 Å². The molecule has 0 bridgehead atoms. The summed E-state index contributed by atoms with van der Waals surface area (Å²) in [4.78, 5) is 29.7. The Hall–Kier alpha value is -1.96. The topological polar surface area (TPSA) is 106 Å². The molecule has 0 spiro atoms. The molecular weight excluding hydrogens is 314 g/mol. The fraction of sp³-hybridized carbons (Fsp3) is 0.750. The number of rotatable bonds is 4. The summed E-state index contributed by atoms with van der Waals surface area (Å²) in [6, 6.07) is 0. The van der Waals surface area contributed by atoms with Crippen LogP contribution in [-0.2, 0) is 14.3 Å². The Labute approximate surface area is 140 Å². The highest BCUT2D eigenvalue weighted by molar-refractivity contribution is 5.82. The maximum atomic E-state index is 12.6. The van der Waals surface area contributed by atoms with Crippen LogP contribution >= 0.6 is 0 Å². The van der Waals surface area contributed by atoms with Crippen molar-refractivity contribution in [2.24, 2.45) is 0 Å². The number of carbonyl (C=O) groups excluding carboxylic acids is 1. The molecule has 2 aliphatic heterocycles. The van der Waals surface area contributed by atoms with E-state index in [1.165, 1.54) is 0 Å². The van der Waals surface area contributed by atoms with E-state index in [9.17, 15) is 9.59 Å². The third kappa shape index (κ3) is 3.43. The minimum atomic E-state index is -1.00. The van der Waals surface area contributed by atoms with E-state index in [-0.39, 0.29) is 17.7 Å². The van der Waals surface area contributed by atoms with E-state index < -0.39 is 18.2 Å². The Bertz CT molecular complexity index is 615. The lowest BCUT2D eigenvalue weighted by Crippen LogP contribution is -2.44. The monoisotopic (exact) mass is 337 g/mol. The molecule has 3 atom stereocenters. The third-order valence-electron chi connectivity index (χ3n) is 4.62. The van der Waals surface area contributed by atoms with Crippen molar-refractivity contribution in [3.63, 3.8) is 0 Å². The molecule has 2 fully saturated rings. The predicted octanol–water partition coefficient (Wildman–Crippen LogP) is 1.53. The molecule has 8 nitrogen and oxygen atoms in total. The second-order valence-electron chi connectivity index (χ2n) is 6.80. The lowest BCUT2D eigenvalue weighted by molar-refractivity contribution is -0.155. The van der Waals surface area contributed by atoms with Gasteiger partial charge in [-0.25, -0.2) is 4.79 Å². The van der Waals surface area contributed by atoms with Crippen molar-refractivity contribution in [3.8, 4) is 0 Å². The summed E-state index contributed by atoms with van der Waals surface area (Å²) >= 11 is 0. The van der Waals surface area contributed by atoms with E-state index in [2.05, 4.69) is 10.1 Å². The first-order chi connectivity index (χ1) is 11.5. The minimum Gasteiger partial charge on any atom is -0.479 e. The number of carbonyl (C=O) groups is 2. The maximum Gasteiger partial charge on any atom is 0.332 e. The van der Waals surface area contributed by atoms with Gasteiger partial charge in [0, 0.05) is 24.9 Å². The quantitative estimate of drug-likeness (QED) is 0.888. The Balaban J connectivity index is 1.62. The molecule has 0 saturated carbocycles. The fourth-order valence-electron chi connectivity index (χ4n) is 3.24. The van der Waals surface area contributed by atoms with Crippen LogP contribution in [-0.4, -0.2) is 57.3 Å². The molecule has 3 heterocycles. The number of ether oxygens (including phenoxy) is 1. The average molecular weight is 337 g/mol. The van der Waals surface area contributed by atoms with Gasteiger partial charge in [-0.15, -0.1) is 0 Å². The molecule has 0 aliphatic carbocycles. The first-order valence-corrected chi connectivity index (χ1v) is 8.46. The first kappa shape index (κ1) is 16.9. The summed E-state index contributed by atoms with van der Waals surface area (Å²) in [6.45, 7) is 5.16. The SMILES string of the molecule is CC(C)c1nc(C2CCCN(C(=O)[C@@H]3CC[C@H](C(=O)O)O3)C2)no1. The van der Waals surface area contributed by atoms with Gasteiger partial charge in [-0.05, 0) is 25.7 Å². The van der Waals surface area contributed by atoms with Crippen LogP contribution in [0.3, 0.4) is 0 Å². The van der Waals surface area contributed by atoms with Crippen LogP contribution < -0.4 is 0 Å². The molecule has 24 heavy (non-hydrogen) atoms. The lowest BCUT2D eigenvalue weighted by Gasteiger charge is -2.32. The molecule has 1 aromatic heterocycles. The standard InChI is InChI=1S/C16H23N3O5/c1-9(2)14-17-13(18-24-14)10-4-3-7-19(8-10)15(20)11-5-6-12(23-11)16(21)22/h9-12H,3-8H2,1-2H3,(H,21,22)/t10?,11-,12+/m0/s1. The average Bonchev–Trinajstić information content (AvgIpc) is 3.24. The van der Waals surface area contributed by atoms with E-state index in [1.807, 2.05) is 13.8 Å². The van der Waals surface area contributed by atoms with Gasteiger partial charge in [0.2, 0.25) is 5.89 Å². The zero-order valence-electron chi connectivity index (χ0n) is 14.0. The van der Waals surface area contributed by atoms with Crippen molar-refractivity contribution in [1.29, 1.82) is 0 Å². The minimum absolute atomic E-state index is 0.0515. The van der Waals surface area contributed by atoms with Gasteiger partial charge in [0.25, 0.3) is 5.91 Å². The molecule has 3 rings (SSSR count). The van der Waals surface area contributed by atoms with E-state index in [0.717, 1.165) is 12.8 Å². The van der Waals surface area contributed by atoms with Crippen molar-refractivity contribution in [1.82, 2.24) is 15.0 Å². The van der Waals surface area contributed by atoms with Crippen LogP contribution in [0, 0.1) is 0 Å².